The van der Waals surface area contributed by atoms with Crippen LogP contribution >= 0.6 is 0 Å². The van der Waals surface area contributed by atoms with Crippen LogP contribution in [0.25, 0.3) is 0 Å². The van der Waals surface area contributed by atoms with Crippen molar-refractivity contribution in [1.82, 2.24) is 19.2 Å². The van der Waals surface area contributed by atoms with Crippen LogP contribution in [0.1, 0.15) is 129 Å². The number of benzene rings is 1. The number of Topliss-reactive ketones (excluding diaryl/α,β-unsaturated/α-hetero) is 2. The third-order valence-corrected chi connectivity index (χ3v) is 17.9. The van der Waals surface area contributed by atoms with Crippen molar-refractivity contribution in [2.75, 3.05) is 13.3 Å². The number of hydrogen-bond acceptors (Lipinski definition) is 12. The number of sulfonamides is 2. The van der Waals surface area contributed by atoms with E-state index in [1.807, 2.05) is 39.8 Å². The Morgan fingerprint density at radius 1 is 0.885 bits per heavy atom. The molecule has 1 aromatic carbocycles. The molecule has 6 atom stereocenters. The molecule has 0 spiro atoms. The lowest BCUT2D eigenvalue weighted by Gasteiger charge is -2.36. The van der Waals surface area contributed by atoms with Gasteiger partial charge in [0.2, 0.25) is 38.7 Å². The molecule has 0 bridgehead atoms. The first kappa shape index (κ1) is 43.9. The zero-order valence-corrected chi connectivity index (χ0v) is 37.2. The number of fused-ring (bicyclic) bond motifs is 2. The highest BCUT2D eigenvalue weighted by atomic mass is 32.2. The van der Waals surface area contributed by atoms with Crippen molar-refractivity contribution in [1.29, 1.82) is 0 Å². The highest BCUT2D eigenvalue weighted by Crippen LogP contribution is 2.58. The molecule has 2 N–H and O–H groups in total. The minimum atomic E-state index is -3.89. The van der Waals surface area contributed by atoms with Gasteiger partial charge in [-0.3, -0.25) is 28.8 Å². The Bertz CT molecular complexity index is 2140. The summed E-state index contributed by atoms with van der Waals surface area (Å²) in [5.74, 6) is -2.29. The molecule has 1 aromatic rings. The third kappa shape index (κ3) is 9.18. The summed E-state index contributed by atoms with van der Waals surface area (Å²) in [4.78, 5) is 74.5. The van der Waals surface area contributed by atoms with Gasteiger partial charge in [0.05, 0.1) is 34.5 Å². The van der Waals surface area contributed by atoms with E-state index >= 15 is 4.79 Å². The molecule has 1 saturated heterocycles. The predicted molar refractivity (Wildman–Crippen MR) is 221 cm³/mol. The van der Waals surface area contributed by atoms with Crippen LogP contribution in [0.4, 0.5) is 4.79 Å². The van der Waals surface area contributed by atoms with E-state index in [4.69, 9.17) is 14.2 Å². The van der Waals surface area contributed by atoms with E-state index in [0.29, 0.717) is 62.9 Å². The third-order valence-electron chi connectivity index (χ3n) is 14.2. The van der Waals surface area contributed by atoms with Gasteiger partial charge >= 0.3 is 6.09 Å². The first-order chi connectivity index (χ1) is 28.8. The Hall–Kier alpha value is -3.77. The summed E-state index contributed by atoms with van der Waals surface area (Å²) in [6.45, 7) is 7.83. The van der Waals surface area contributed by atoms with Crippen molar-refractivity contribution in [3.8, 4) is 11.5 Å². The monoisotopic (exact) mass is 888 g/mol. The summed E-state index contributed by atoms with van der Waals surface area (Å²) in [5, 5.41) is -1.16. The van der Waals surface area contributed by atoms with Crippen LogP contribution in [0, 0.1) is 28.6 Å². The van der Waals surface area contributed by atoms with Gasteiger partial charge in [0.1, 0.15) is 6.10 Å². The van der Waals surface area contributed by atoms with E-state index < -0.39 is 89.2 Å². The molecule has 5 fully saturated rings. The Morgan fingerprint density at radius 2 is 1.49 bits per heavy atom. The summed E-state index contributed by atoms with van der Waals surface area (Å²) in [7, 11) is -7.63. The van der Waals surface area contributed by atoms with Crippen LogP contribution in [0.5, 0.6) is 11.5 Å². The number of nitrogens with zero attached hydrogens (tertiary/aromatic N) is 2. The van der Waals surface area contributed by atoms with Gasteiger partial charge in [0.15, 0.2) is 23.1 Å². The van der Waals surface area contributed by atoms with Gasteiger partial charge in [-0.25, -0.2) is 26.4 Å². The van der Waals surface area contributed by atoms with E-state index in [1.54, 1.807) is 0 Å². The maximum atomic E-state index is 15.0. The van der Waals surface area contributed by atoms with Crippen molar-refractivity contribution in [2.24, 2.45) is 28.6 Å². The van der Waals surface area contributed by atoms with Gasteiger partial charge in [-0.05, 0) is 85.5 Å². The van der Waals surface area contributed by atoms with Crippen LogP contribution in [-0.4, -0.2) is 98.1 Å². The number of hydrogen-bond donors (Lipinski definition) is 2. The molecule has 3 heterocycles. The number of likely N-dealkylation sites (tertiary alicyclic amines) is 1. The molecule has 61 heavy (non-hydrogen) atoms. The number of carbonyl (C=O) groups is 5. The van der Waals surface area contributed by atoms with Gasteiger partial charge in [0, 0.05) is 38.3 Å². The number of nitrogens with one attached hydrogen (secondary N) is 2. The fraction of sp³-hybridized carbons (Fsp3) is 0.744. The zero-order valence-electron chi connectivity index (χ0n) is 35.6. The smallest absolute Gasteiger partial charge is 0.410 e. The predicted octanol–water partition coefficient (Wildman–Crippen LogP) is 4.47. The number of amides is 3. The second-order valence-corrected chi connectivity index (χ2v) is 23.6. The number of rotatable bonds is 16. The molecule has 18 heteroatoms. The molecule has 8 rings (SSSR count). The highest BCUT2D eigenvalue weighted by molar-refractivity contribution is 7.91. The average Bonchev–Trinajstić information content (AvgIpc) is 4.16. The van der Waals surface area contributed by atoms with E-state index in [1.165, 1.54) is 9.80 Å². The van der Waals surface area contributed by atoms with E-state index in [-0.39, 0.29) is 63.3 Å². The molecular formula is C43H60N4O12S2. The topological polar surface area (TPSA) is 212 Å². The average molecular weight is 889 g/mol. The maximum absolute atomic E-state index is 15.0. The lowest BCUT2D eigenvalue weighted by molar-refractivity contribution is -0.146. The van der Waals surface area contributed by atoms with Gasteiger partial charge in [-0.1, -0.05) is 53.4 Å². The van der Waals surface area contributed by atoms with Crippen molar-refractivity contribution in [2.45, 2.75) is 159 Å². The van der Waals surface area contributed by atoms with Crippen molar-refractivity contribution in [3.63, 3.8) is 0 Å². The van der Waals surface area contributed by atoms with Gasteiger partial charge in [-0.15, -0.1) is 0 Å². The van der Waals surface area contributed by atoms with E-state index in [9.17, 15) is 36.0 Å². The van der Waals surface area contributed by atoms with Crippen molar-refractivity contribution in [3.05, 3.63) is 23.3 Å². The fourth-order valence-electron chi connectivity index (χ4n) is 10.0. The number of carbonyl (C=O) groups excluding carboxylic acids is 5. The normalized spacial score (nSPS) is 27.3. The Balaban J connectivity index is 1.03. The largest absolute Gasteiger partial charge is 0.454 e. The second-order valence-electron chi connectivity index (χ2n) is 19.7. The van der Waals surface area contributed by atoms with Crippen LogP contribution in [0.2, 0.25) is 0 Å². The molecule has 3 aliphatic heterocycles. The fourth-order valence-corrected chi connectivity index (χ4v) is 13.0. The van der Waals surface area contributed by atoms with Crippen LogP contribution in [-0.2, 0) is 57.1 Å². The van der Waals surface area contributed by atoms with Gasteiger partial charge in [-0.2, -0.15) is 0 Å². The summed E-state index contributed by atoms with van der Waals surface area (Å²) < 4.78 is 74.3. The van der Waals surface area contributed by atoms with Crippen LogP contribution in [0.3, 0.4) is 0 Å². The van der Waals surface area contributed by atoms with E-state index in [2.05, 4.69) is 9.44 Å². The highest BCUT2D eigenvalue weighted by Gasteiger charge is 2.62. The SMILES string of the molecule is CC[C@H]1C[C@@]1(CC(=O)C1C[C@@H](OC(=O)N2Cc3cc4c(cc3C2)OCO4)CN1C(=O)[C@@H](CC(=O)[C@@H](NS(=O)(=O)C1CC1)C1CCCCC1)C(C)(C)C)C(=O)NS(=O)(=O)C1CC1. The second kappa shape index (κ2) is 16.4. The first-order valence-electron chi connectivity index (χ1n) is 22.1. The van der Waals surface area contributed by atoms with Gasteiger partial charge < -0.3 is 19.1 Å². The first-order valence-corrected chi connectivity index (χ1v) is 25.2. The standard InChI is InChI=1S/C43H60N4O12S2/c1-5-28-19-43(28,40(51)45-61(55,56)31-13-14-31)20-35(49)33-17-29(59-41(52)46-21-26-15-36-37(58-24-57-36)16-27(26)22-46)23-47(33)39(50)32(42(2,3)4)18-34(48)38(25-9-7-6-8-10-25)44-60(53,54)30-11-12-30/h15-16,25,28-33,38,44H,5-14,17-24H2,1-4H3,(H,45,51)/t28-,29+,32+,33?,38-,43-/m0/s1. The summed E-state index contributed by atoms with van der Waals surface area (Å²) in [5.41, 5.74) is -0.331. The number of ketones is 2. The maximum Gasteiger partial charge on any atom is 0.410 e. The molecule has 7 aliphatic rings. The van der Waals surface area contributed by atoms with Crippen molar-refractivity contribution >= 4 is 49.5 Å². The minimum Gasteiger partial charge on any atom is -0.454 e. The molecule has 0 radical (unpaired) electrons. The molecule has 4 saturated carbocycles. The minimum absolute atomic E-state index is 0.0569. The van der Waals surface area contributed by atoms with E-state index in [0.717, 1.165) is 30.4 Å². The number of ether oxygens (including phenoxy) is 3. The summed E-state index contributed by atoms with van der Waals surface area (Å²) in [6, 6.07) is 1.55. The zero-order chi connectivity index (χ0) is 43.6. The summed E-state index contributed by atoms with van der Waals surface area (Å²) >= 11 is 0. The lowest BCUT2D eigenvalue weighted by Crippen LogP contribution is -2.51. The molecule has 336 valence electrons. The molecule has 3 amide bonds. The molecule has 16 nitrogen and oxygen atoms in total. The van der Waals surface area contributed by atoms with Crippen molar-refractivity contribution < 1.29 is 55.0 Å². The van der Waals surface area contributed by atoms with Crippen LogP contribution in [0.15, 0.2) is 12.1 Å². The summed E-state index contributed by atoms with van der Waals surface area (Å²) in [6.07, 6.45) is 4.79. The Labute approximate surface area is 358 Å². The van der Waals surface area contributed by atoms with Gasteiger partial charge in [0.25, 0.3) is 0 Å². The molecule has 1 unspecified atom stereocenters. The van der Waals surface area contributed by atoms with Crippen LogP contribution < -0.4 is 18.9 Å². The quantitative estimate of drug-likeness (QED) is 0.236. The molecule has 4 aliphatic carbocycles. The Morgan fingerprint density at radius 3 is 2.05 bits per heavy atom. The lowest BCUT2D eigenvalue weighted by atomic mass is 9.74. The molecular weight excluding hydrogens is 829 g/mol. The Kier molecular flexibility index (Phi) is 11.8. The molecule has 0 aromatic heterocycles.